The zero-order valence-corrected chi connectivity index (χ0v) is 16.5. The SMILES string of the molecule is Fc1cccc(-c2ccc(/C=C/C3c4cnccc4CC4CCCCC43)nc2)c1. The van der Waals surface area contributed by atoms with E-state index in [-0.39, 0.29) is 5.82 Å². The number of hydrogen-bond acceptors (Lipinski definition) is 2. The molecule has 2 aromatic heterocycles. The summed E-state index contributed by atoms with van der Waals surface area (Å²) in [6, 6.07) is 12.9. The third kappa shape index (κ3) is 3.74. The lowest BCUT2D eigenvalue weighted by Crippen LogP contribution is -2.31. The van der Waals surface area contributed by atoms with Crippen molar-refractivity contribution in [2.24, 2.45) is 11.8 Å². The van der Waals surface area contributed by atoms with Crippen molar-refractivity contribution < 1.29 is 4.39 Å². The predicted molar refractivity (Wildman–Crippen MR) is 115 cm³/mol. The van der Waals surface area contributed by atoms with Crippen LogP contribution >= 0.6 is 0 Å². The van der Waals surface area contributed by atoms with Crippen molar-refractivity contribution in [2.75, 3.05) is 0 Å². The molecule has 0 N–H and O–H groups in total. The molecule has 0 spiro atoms. The summed E-state index contributed by atoms with van der Waals surface area (Å²) in [5.74, 6) is 1.69. The fourth-order valence-corrected chi connectivity index (χ4v) is 5.19. The molecule has 5 rings (SSSR count). The molecule has 0 saturated heterocycles. The minimum absolute atomic E-state index is 0.224. The zero-order valence-electron chi connectivity index (χ0n) is 16.5. The van der Waals surface area contributed by atoms with Crippen LogP contribution in [0.5, 0.6) is 0 Å². The number of benzene rings is 1. The summed E-state index contributed by atoms with van der Waals surface area (Å²) < 4.78 is 13.5. The zero-order chi connectivity index (χ0) is 19.6. The van der Waals surface area contributed by atoms with Gasteiger partial charge in [0.05, 0.1) is 5.69 Å². The van der Waals surface area contributed by atoms with E-state index in [1.807, 2.05) is 30.6 Å². The number of nitrogens with zero attached hydrogens (tertiary/aromatic N) is 2. The van der Waals surface area contributed by atoms with Crippen LogP contribution in [-0.2, 0) is 6.42 Å². The maximum Gasteiger partial charge on any atom is 0.123 e. The van der Waals surface area contributed by atoms with E-state index in [1.54, 1.807) is 12.1 Å². The Morgan fingerprint density at radius 3 is 2.76 bits per heavy atom. The van der Waals surface area contributed by atoms with E-state index in [0.717, 1.165) is 22.7 Å². The highest BCUT2D eigenvalue weighted by atomic mass is 19.1. The molecular formula is C26H25FN2. The first kappa shape index (κ1) is 18.2. The average molecular weight is 384 g/mol. The topological polar surface area (TPSA) is 25.8 Å². The van der Waals surface area contributed by atoms with Crippen molar-refractivity contribution in [3.63, 3.8) is 0 Å². The van der Waals surface area contributed by atoms with Gasteiger partial charge in [-0.05, 0) is 78.1 Å². The van der Waals surface area contributed by atoms with Gasteiger partial charge in [0.2, 0.25) is 0 Å². The van der Waals surface area contributed by atoms with E-state index in [4.69, 9.17) is 0 Å². The van der Waals surface area contributed by atoms with Gasteiger partial charge >= 0.3 is 0 Å². The summed E-state index contributed by atoms with van der Waals surface area (Å²) in [4.78, 5) is 9.02. The van der Waals surface area contributed by atoms with E-state index >= 15 is 0 Å². The number of rotatable bonds is 3. The number of pyridine rings is 2. The first-order valence-electron chi connectivity index (χ1n) is 10.6. The van der Waals surface area contributed by atoms with Crippen molar-refractivity contribution >= 4 is 6.08 Å². The van der Waals surface area contributed by atoms with Crippen molar-refractivity contribution in [3.05, 3.63) is 89.8 Å². The van der Waals surface area contributed by atoms with Crippen LogP contribution in [0.15, 0.2) is 67.1 Å². The lowest BCUT2D eigenvalue weighted by Gasteiger charge is -2.41. The van der Waals surface area contributed by atoms with Crippen LogP contribution in [0.25, 0.3) is 17.2 Å². The number of aromatic nitrogens is 2. The maximum atomic E-state index is 13.5. The maximum absolute atomic E-state index is 13.5. The van der Waals surface area contributed by atoms with Gasteiger partial charge in [-0.1, -0.05) is 37.1 Å². The van der Waals surface area contributed by atoms with E-state index in [2.05, 4.69) is 34.4 Å². The number of hydrogen-bond donors (Lipinski definition) is 0. The van der Waals surface area contributed by atoms with Gasteiger partial charge < -0.3 is 0 Å². The molecule has 1 aromatic carbocycles. The molecule has 0 radical (unpaired) electrons. The van der Waals surface area contributed by atoms with Crippen molar-refractivity contribution in [3.8, 4) is 11.1 Å². The smallest absolute Gasteiger partial charge is 0.123 e. The third-order valence-corrected chi connectivity index (χ3v) is 6.64. The van der Waals surface area contributed by atoms with Crippen LogP contribution in [-0.4, -0.2) is 9.97 Å². The molecule has 2 heterocycles. The van der Waals surface area contributed by atoms with Gasteiger partial charge in [-0.3, -0.25) is 9.97 Å². The Morgan fingerprint density at radius 1 is 0.966 bits per heavy atom. The molecular weight excluding hydrogens is 359 g/mol. The molecule has 146 valence electrons. The van der Waals surface area contributed by atoms with Gasteiger partial charge in [0.1, 0.15) is 5.82 Å². The Bertz CT molecular complexity index is 1020. The van der Waals surface area contributed by atoms with Gasteiger partial charge in [0, 0.05) is 30.1 Å². The predicted octanol–water partition coefficient (Wildman–Crippen LogP) is 6.44. The van der Waals surface area contributed by atoms with Crippen molar-refractivity contribution in [2.45, 2.75) is 38.0 Å². The van der Waals surface area contributed by atoms with Gasteiger partial charge in [0.15, 0.2) is 0 Å². The van der Waals surface area contributed by atoms with Crippen LogP contribution in [0.1, 0.15) is 48.4 Å². The molecule has 0 bridgehead atoms. The second kappa shape index (κ2) is 7.90. The molecule has 0 amide bonds. The molecule has 1 saturated carbocycles. The van der Waals surface area contributed by atoms with Gasteiger partial charge in [0.25, 0.3) is 0 Å². The molecule has 3 aromatic rings. The third-order valence-electron chi connectivity index (χ3n) is 6.64. The summed E-state index contributed by atoms with van der Waals surface area (Å²) in [6.45, 7) is 0. The van der Waals surface area contributed by atoms with Crippen LogP contribution in [0.3, 0.4) is 0 Å². The minimum atomic E-state index is -0.224. The molecule has 1 fully saturated rings. The Balaban J connectivity index is 1.41. The van der Waals surface area contributed by atoms with Crippen molar-refractivity contribution in [1.29, 1.82) is 0 Å². The lowest BCUT2D eigenvalue weighted by atomic mass is 9.64. The minimum Gasteiger partial charge on any atom is -0.264 e. The Kier molecular flexibility index (Phi) is 4.97. The summed E-state index contributed by atoms with van der Waals surface area (Å²) >= 11 is 0. The van der Waals surface area contributed by atoms with Crippen LogP contribution in [0.4, 0.5) is 4.39 Å². The average Bonchev–Trinajstić information content (AvgIpc) is 2.77. The number of halogens is 1. The molecule has 3 atom stereocenters. The fraction of sp³-hybridized carbons (Fsp3) is 0.308. The Hall–Kier alpha value is -2.81. The largest absolute Gasteiger partial charge is 0.264 e. The molecule has 3 unspecified atom stereocenters. The van der Waals surface area contributed by atoms with Gasteiger partial charge in [-0.15, -0.1) is 0 Å². The second-order valence-corrected chi connectivity index (χ2v) is 8.35. The standard InChI is InChI=1S/C26H25FN2/c27-22-6-3-5-18(15-22)21-8-9-23(29-16-21)10-11-25-24-7-2-1-4-19(24)14-20-12-13-28-17-26(20)25/h3,5-6,8-13,15-17,19,24-25H,1-2,4,7,14H2/b11-10+. The van der Waals surface area contributed by atoms with E-state index < -0.39 is 0 Å². The Morgan fingerprint density at radius 2 is 1.90 bits per heavy atom. The molecule has 2 nitrogen and oxygen atoms in total. The quantitative estimate of drug-likeness (QED) is 0.519. The summed E-state index contributed by atoms with van der Waals surface area (Å²) in [5, 5.41) is 0. The van der Waals surface area contributed by atoms with Crippen LogP contribution in [0, 0.1) is 17.7 Å². The van der Waals surface area contributed by atoms with Crippen LogP contribution in [0.2, 0.25) is 0 Å². The molecule has 29 heavy (non-hydrogen) atoms. The van der Waals surface area contributed by atoms with Crippen molar-refractivity contribution in [1.82, 2.24) is 9.97 Å². The van der Waals surface area contributed by atoms with E-state index in [0.29, 0.717) is 11.8 Å². The normalized spacial score (nSPS) is 23.6. The highest BCUT2D eigenvalue weighted by Crippen LogP contribution is 2.47. The van der Waals surface area contributed by atoms with Gasteiger partial charge in [-0.2, -0.15) is 0 Å². The molecule has 0 aliphatic heterocycles. The first-order valence-corrected chi connectivity index (χ1v) is 10.6. The molecule has 2 aliphatic rings. The summed E-state index contributed by atoms with van der Waals surface area (Å²) in [5.41, 5.74) is 5.58. The molecule has 2 aliphatic carbocycles. The monoisotopic (exact) mass is 384 g/mol. The highest BCUT2D eigenvalue weighted by Gasteiger charge is 2.36. The summed E-state index contributed by atoms with van der Waals surface area (Å²) in [6.07, 6.45) is 16.9. The van der Waals surface area contributed by atoms with Gasteiger partial charge in [-0.25, -0.2) is 4.39 Å². The Labute approximate surface area is 171 Å². The van der Waals surface area contributed by atoms with E-state index in [9.17, 15) is 4.39 Å². The van der Waals surface area contributed by atoms with E-state index in [1.165, 1.54) is 49.3 Å². The van der Waals surface area contributed by atoms with Crippen LogP contribution < -0.4 is 0 Å². The number of fused-ring (bicyclic) bond motifs is 2. The fourth-order valence-electron chi connectivity index (χ4n) is 5.19. The number of allylic oxidation sites excluding steroid dienone is 1. The highest BCUT2D eigenvalue weighted by molar-refractivity contribution is 5.63. The second-order valence-electron chi connectivity index (χ2n) is 8.35. The lowest BCUT2D eigenvalue weighted by molar-refractivity contribution is 0.202. The molecule has 3 heteroatoms. The summed E-state index contributed by atoms with van der Waals surface area (Å²) in [7, 11) is 0. The first-order chi connectivity index (χ1) is 14.3.